The van der Waals surface area contributed by atoms with Crippen molar-refractivity contribution in [1.82, 2.24) is 9.25 Å². The summed E-state index contributed by atoms with van der Waals surface area (Å²) in [6, 6.07) is 19.6. The van der Waals surface area contributed by atoms with Crippen LogP contribution in [0.2, 0.25) is 0 Å². The molecule has 3 heteroatoms. The third kappa shape index (κ3) is 1.70. The first-order valence-corrected chi connectivity index (χ1v) is 8.55. The predicted molar refractivity (Wildman–Crippen MR) is 96.0 cm³/mol. The highest BCUT2D eigenvalue weighted by molar-refractivity contribution is 5.90. The van der Waals surface area contributed by atoms with Gasteiger partial charge in [0.2, 0.25) is 6.54 Å². The molecule has 0 saturated heterocycles. The summed E-state index contributed by atoms with van der Waals surface area (Å²) < 4.78 is 6.97. The zero-order valence-electron chi connectivity index (χ0n) is 14.0. The first-order valence-electron chi connectivity index (χ1n) is 8.55. The third-order valence-electron chi connectivity index (χ3n) is 5.05. The van der Waals surface area contributed by atoms with Gasteiger partial charge in [0.1, 0.15) is 0 Å². The smallest absolute Gasteiger partial charge is 0.202 e. The Kier molecular flexibility index (Phi) is 2.75. The Morgan fingerprint density at radius 1 is 0.958 bits per heavy atom. The van der Waals surface area contributed by atoms with Gasteiger partial charge < -0.3 is 0 Å². The van der Waals surface area contributed by atoms with E-state index in [1.54, 1.807) is 0 Å². The molecule has 0 saturated carbocycles. The number of rotatable bonds is 2. The summed E-state index contributed by atoms with van der Waals surface area (Å²) in [4.78, 5) is 0. The summed E-state index contributed by atoms with van der Waals surface area (Å²) >= 11 is 0. The van der Waals surface area contributed by atoms with E-state index in [1.807, 2.05) is 0 Å². The summed E-state index contributed by atoms with van der Waals surface area (Å²) in [5, 5.41) is 1.35. The fourth-order valence-electron chi connectivity index (χ4n) is 3.97. The maximum atomic E-state index is 2.43. The van der Waals surface area contributed by atoms with Crippen molar-refractivity contribution in [1.29, 1.82) is 0 Å². The Balaban J connectivity index is 1.93. The molecule has 118 valence electrons. The van der Waals surface area contributed by atoms with Crippen molar-refractivity contribution in [3.8, 4) is 11.5 Å². The lowest BCUT2D eigenvalue weighted by Crippen LogP contribution is -2.37. The van der Waals surface area contributed by atoms with Gasteiger partial charge in [0.15, 0.2) is 12.0 Å². The number of nitrogens with zero attached hydrogens (tertiary/aromatic N) is 3. The third-order valence-corrected chi connectivity index (χ3v) is 5.05. The molecule has 5 rings (SSSR count). The van der Waals surface area contributed by atoms with Crippen molar-refractivity contribution >= 4 is 10.9 Å². The van der Waals surface area contributed by atoms with Gasteiger partial charge in [0, 0.05) is 11.5 Å². The maximum Gasteiger partial charge on any atom is 0.202 e. The van der Waals surface area contributed by atoms with Crippen molar-refractivity contribution in [2.24, 2.45) is 0 Å². The van der Waals surface area contributed by atoms with Gasteiger partial charge >= 0.3 is 0 Å². The predicted octanol–water partition coefficient (Wildman–Crippen LogP) is 4.19. The van der Waals surface area contributed by atoms with Crippen LogP contribution in [-0.4, -0.2) is 9.25 Å². The lowest BCUT2D eigenvalue weighted by molar-refractivity contribution is -0.751. The molecule has 0 N–H and O–H groups in total. The summed E-state index contributed by atoms with van der Waals surface area (Å²) in [5.74, 6) is 1.76. The molecular weight excluding hydrogens is 294 g/mol. The summed E-state index contributed by atoms with van der Waals surface area (Å²) in [7, 11) is 0. The molecule has 2 aromatic carbocycles. The van der Waals surface area contributed by atoms with Crippen molar-refractivity contribution in [3.05, 3.63) is 78.1 Å². The highest BCUT2D eigenvalue weighted by atomic mass is 15.5. The molecule has 0 atom stereocenters. The second-order valence-corrected chi connectivity index (χ2v) is 6.80. The van der Waals surface area contributed by atoms with Gasteiger partial charge in [-0.15, -0.1) is 9.36 Å². The van der Waals surface area contributed by atoms with E-state index in [0.717, 1.165) is 6.54 Å². The summed E-state index contributed by atoms with van der Waals surface area (Å²) in [6.07, 6.45) is 4.30. The molecule has 0 amide bonds. The van der Waals surface area contributed by atoms with Gasteiger partial charge in [0.25, 0.3) is 0 Å². The van der Waals surface area contributed by atoms with Crippen LogP contribution in [0.1, 0.15) is 30.9 Å². The van der Waals surface area contributed by atoms with Crippen molar-refractivity contribution < 1.29 is 4.68 Å². The van der Waals surface area contributed by atoms with Crippen LogP contribution in [0.4, 0.5) is 0 Å². The van der Waals surface area contributed by atoms with Crippen molar-refractivity contribution in [2.75, 3.05) is 0 Å². The lowest BCUT2D eigenvalue weighted by atomic mass is 10.0. The molecule has 0 fully saturated rings. The van der Waals surface area contributed by atoms with Crippen LogP contribution in [0.15, 0.2) is 67.0 Å². The van der Waals surface area contributed by atoms with Gasteiger partial charge in [-0.3, -0.25) is 4.57 Å². The molecule has 2 aromatic heterocycles. The highest BCUT2D eigenvalue weighted by Crippen LogP contribution is 2.36. The molecule has 0 unspecified atom stereocenters. The molecular formula is C21H20N3+. The first-order chi connectivity index (χ1) is 11.8. The van der Waals surface area contributed by atoms with Crippen molar-refractivity contribution in [3.63, 3.8) is 0 Å². The molecule has 0 aliphatic carbocycles. The van der Waals surface area contributed by atoms with Gasteiger partial charge in [-0.05, 0) is 23.6 Å². The number of hydrogen-bond acceptors (Lipinski definition) is 0. The van der Waals surface area contributed by atoms with E-state index in [2.05, 4.69) is 94.8 Å². The van der Waals surface area contributed by atoms with Crippen molar-refractivity contribution in [2.45, 2.75) is 26.3 Å². The average molecular weight is 314 g/mol. The normalized spacial score (nSPS) is 12.8. The van der Waals surface area contributed by atoms with E-state index in [9.17, 15) is 0 Å². The highest BCUT2D eigenvalue weighted by Gasteiger charge is 2.32. The Bertz CT molecular complexity index is 1070. The average Bonchev–Trinajstić information content (AvgIpc) is 3.25. The number of fused-ring (bicyclic) bond motifs is 5. The zero-order valence-corrected chi connectivity index (χ0v) is 14.0. The number of aromatic nitrogens is 3. The van der Waals surface area contributed by atoms with Crippen LogP contribution in [0, 0.1) is 0 Å². The summed E-state index contributed by atoms with van der Waals surface area (Å²) in [6.45, 7) is 5.46. The van der Waals surface area contributed by atoms with Crippen LogP contribution >= 0.6 is 0 Å². The number of benzene rings is 2. The van der Waals surface area contributed by atoms with Crippen LogP contribution in [-0.2, 0) is 6.54 Å². The minimum Gasteiger partial charge on any atom is -0.290 e. The minimum atomic E-state index is 0.483. The minimum absolute atomic E-state index is 0.483. The second-order valence-electron chi connectivity index (χ2n) is 6.80. The van der Waals surface area contributed by atoms with Gasteiger partial charge in [-0.2, -0.15) is 0 Å². The van der Waals surface area contributed by atoms with E-state index < -0.39 is 0 Å². The first kappa shape index (κ1) is 13.6. The van der Waals surface area contributed by atoms with E-state index in [4.69, 9.17) is 0 Å². The van der Waals surface area contributed by atoms with E-state index >= 15 is 0 Å². The fraction of sp³-hybridized carbons (Fsp3) is 0.190. The monoisotopic (exact) mass is 314 g/mol. The van der Waals surface area contributed by atoms with Gasteiger partial charge in [-0.25, -0.2) is 0 Å². The quantitative estimate of drug-likeness (QED) is 0.434. The lowest BCUT2D eigenvalue weighted by Gasteiger charge is -2.16. The van der Waals surface area contributed by atoms with Crippen LogP contribution < -0.4 is 4.68 Å². The zero-order chi connectivity index (χ0) is 16.3. The molecule has 1 aliphatic heterocycles. The van der Waals surface area contributed by atoms with E-state index in [1.165, 1.54) is 33.5 Å². The largest absolute Gasteiger partial charge is 0.290 e. The van der Waals surface area contributed by atoms with E-state index in [0.29, 0.717) is 5.92 Å². The Labute approximate surface area is 141 Å². The van der Waals surface area contributed by atoms with E-state index in [-0.39, 0.29) is 0 Å². The standard InChI is InChI=1S/C21H20N3/c1-15(2)16-8-3-5-10-19(16)24-20-11-6-4-9-17(20)18-14-22-12-7-13-23(22)21(18)24/h3-13,15H,14H2,1-2H3/q+1. The molecule has 0 spiro atoms. The molecule has 4 aromatic rings. The number of hydrogen-bond donors (Lipinski definition) is 0. The van der Waals surface area contributed by atoms with Crippen LogP contribution in [0.25, 0.3) is 22.4 Å². The molecule has 0 radical (unpaired) electrons. The Hall–Kier alpha value is -2.81. The molecule has 24 heavy (non-hydrogen) atoms. The van der Waals surface area contributed by atoms with Gasteiger partial charge in [0.05, 0.1) is 23.0 Å². The van der Waals surface area contributed by atoms with Gasteiger partial charge in [-0.1, -0.05) is 50.2 Å². The maximum absolute atomic E-state index is 2.43. The second kappa shape index (κ2) is 4.84. The molecule has 3 nitrogen and oxygen atoms in total. The molecule has 1 aliphatic rings. The molecule has 3 heterocycles. The SMILES string of the molecule is CC(C)c1ccccc1-n1c2c(c3ccccc31)C[n+]1cccn1-2. The fourth-order valence-corrected chi connectivity index (χ4v) is 3.97. The Morgan fingerprint density at radius 3 is 2.62 bits per heavy atom. The van der Waals surface area contributed by atoms with Crippen LogP contribution in [0.5, 0.6) is 0 Å². The Morgan fingerprint density at radius 2 is 1.75 bits per heavy atom. The van der Waals surface area contributed by atoms with Crippen LogP contribution in [0.3, 0.4) is 0 Å². The summed E-state index contributed by atoms with van der Waals surface area (Å²) in [5.41, 5.74) is 5.36. The molecule has 0 bridgehead atoms. The number of para-hydroxylation sites is 2. The topological polar surface area (TPSA) is 13.7 Å².